The van der Waals surface area contributed by atoms with Gasteiger partial charge in [0.15, 0.2) is 0 Å². The Hall–Kier alpha value is -0.900. The third kappa shape index (κ3) is 1.82. The summed E-state index contributed by atoms with van der Waals surface area (Å²) < 4.78 is 5.23. The number of aliphatic hydroxyl groups excluding tert-OH is 1. The fraction of sp³-hybridized carbons (Fsp3) is 0.750. The predicted octanol–water partition coefficient (Wildman–Crippen LogP) is 1.64. The largest absolute Gasteiger partial charge is 0.422 e. The van der Waals surface area contributed by atoms with Crippen molar-refractivity contribution in [2.24, 2.45) is 0 Å². The zero-order chi connectivity index (χ0) is 9.14. The van der Waals surface area contributed by atoms with Crippen LogP contribution in [0.3, 0.4) is 0 Å². The van der Waals surface area contributed by atoms with Crippen LogP contribution in [0.1, 0.15) is 51.0 Å². The summed E-state index contributed by atoms with van der Waals surface area (Å²) >= 11 is 0. The number of hydrogen-bond acceptors (Lipinski definition) is 4. The summed E-state index contributed by atoms with van der Waals surface area (Å²) in [6.45, 7) is 5.80. The van der Waals surface area contributed by atoms with Gasteiger partial charge in [-0.3, -0.25) is 0 Å². The molecule has 4 nitrogen and oxygen atoms in total. The topological polar surface area (TPSA) is 59.2 Å². The fourth-order valence-electron chi connectivity index (χ4n) is 0.789. The molecular formula is C8H14N2O2. The number of nitrogens with zero attached hydrogens (tertiary/aromatic N) is 2. The lowest BCUT2D eigenvalue weighted by atomic mass is 10.2. The number of rotatable bonds is 3. The minimum absolute atomic E-state index is 0.218. The van der Waals surface area contributed by atoms with E-state index in [4.69, 9.17) is 4.42 Å². The monoisotopic (exact) mass is 170 g/mol. The quantitative estimate of drug-likeness (QED) is 0.749. The van der Waals surface area contributed by atoms with Gasteiger partial charge in [-0.15, -0.1) is 10.2 Å². The van der Waals surface area contributed by atoms with Crippen LogP contribution in [-0.2, 0) is 0 Å². The van der Waals surface area contributed by atoms with Crippen LogP contribution in [0.4, 0.5) is 0 Å². The van der Waals surface area contributed by atoms with Gasteiger partial charge in [0.1, 0.15) is 6.10 Å². The second-order valence-corrected chi connectivity index (χ2v) is 3.06. The Morgan fingerprint density at radius 3 is 2.33 bits per heavy atom. The maximum atomic E-state index is 9.33. The second-order valence-electron chi connectivity index (χ2n) is 3.06. The van der Waals surface area contributed by atoms with Crippen LogP contribution in [0.5, 0.6) is 0 Å². The highest BCUT2D eigenvalue weighted by molar-refractivity contribution is 4.89. The SMILES string of the molecule is CCC(O)c1nnc(C(C)C)o1. The Labute approximate surface area is 71.6 Å². The Balaban J connectivity index is 2.77. The van der Waals surface area contributed by atoms with E-state index < -0.39 is 6.10 Å². The maximum Gasteiger partial charge on any atom is 0.244 e. The summed E-state index contributed by atoms with van der Waals surface area (Å²) in [6, 6.07) is 0. The lowest BCUT2D eigenvalue weighted by molar-refractivity contribution is 0.137. The van der Waals surface area contributed by atoms with Gasteiger partial charge in [-0.05, 0) is 6.42 Å². The first kappa shape index (κ1) is 9.19. The molecule has 12 heavy (non-hydrogen) atoms. The lowest BCUT2D eigenvalue weighted by Gasteiger charge is -1.99. The molecule has 0 aliphatic heterocycles. The highest BCUT2D eigenvalue weighted by Gasteiger charge is 2.14. The molecule has 1 N–H and O–H groups in total. The van der Waals surface area contributed by atoms with E-state index in [1.165, 1.54) is 0 Å². The highest BCUT2D eigenvalue weighted by atomic mass is 16.4. The number of aromatic nitrogens is 2. The smallest absolute Gasteiger partial charge is 0.244 e. The third-order valence-electron chi connectivity index (χ3n) is 1.62. The van der Waals surface area contributed by atoms with Gasteiger partial charge in [-0.2, -0.15) is 0 Å². The summed E-state index contributed by atoms with van der Waals surface area (Å²) in [6.07, 6.45) is -0.0234. The number of aliphatic hydroxyl groups is 1. The first-order valence-corrected chi connectivity index (χ1v) is 4.16. The molecule has 1 rings (SSSR count). The van der Waals surface area contributed by atoms with Crippen LogP contribution in [0.15, 0.2) is 4.42 Å². The van der Waals surface area contributed by atoms with Crippen molar-refractivity contribution in [1.29, 1.82) is 0 Å². The molecule has 0 radical (unpaired) electrons. The van der Waals surface area contributed by atoms with Crippen molar-refractivity contribution >= 4 is 0 Å². The van der Waals surface area contributed by atoms with Crippen molar-refractivity contribution in [1.82, 2.24) is 10.2 Å². The predicted molar refractivity (Wildman–Crippen MR) is 43.6 cm³/mol. The van der Waals surface area contributed by atoms with E-state index in [0.29, 0.717) is 18.2 Å². The van der Waals surface area contributed by atoms with Gasteiger partial charge in [-0.25, -0.2) is 0 Å². The summed E-state index contributed by atoms with van der Waals surface area (Å²) in [5, 5.41) is 16.9. The molecule has 0 aromatic carbocycles. The van der Waals surface area contributed by atoms with E-state index in [0.717, 1.165) is 0 Å². The molecule has 1 heterocycles. The van der Waals surface area contributed by atoms with Gasteiger partial charge >= 0.3 is 0 Å². The van der Waals surface area contributed by atoms with Crippen molar-refractivity contribution in [2.75, 3.05) is 0 Å². The lowest BCUT2D eigenvalue weighted by Crippen LogP contribution is -1.94. The summed E-state index contributed by atoms with van der Waals surface area (Å²) in [7, 11) is 0. The normalized spacial score (nSPS) is 13.8. The van der Waals surface area contributed by atoms with E-state index >= 15 is 0 Å². The second kappa shape index (κ2) is 3.67. The fourth-order valence-corrected chi connectivity index (χ4v) is 0.789. The summed E-state index contributed by atoms with van der Waals surface area (Å²) in [5.41, 5.74) is 0. The Morgan fingerprint density at radius 2 is 1.92 bits per heavy atom. The molecule has 0 aliphatic rings. The molecule has 1 aromatic heterocycles. The van der Waals surface area contributed by atoms with Gasteiger partial charge in [0.05, 0.1) is 0 Å². The molecule has 4 heteroatoms. The molecule has 0 amide bonds. The molecule has 0 saturated heterocycles. The van der Waals surface area contributed by atoms with E-state index in [1.807, 2.05) is 20.8 Å². The highest BCUT2D eigenvalue weighted by Crippen LogP contribution is 2.18. The van der Waals surface area contributed by atoms with Crippen LogP contribution in [0.2, 0.25) is 0 Å². The maximum absolute atomic E-state index is 9.33. The number of hydrogen-bond donors (Lipinski definition) is 1. The standard InChI is InChI=1S/C8H14N2O2/c1-4-6(11)8-10-9-7(12-8)5(2)3/h5-6,11H,4H2,1-3H3. The van der Waals surface area contributed by atoms with Crippen molar-refractivity contribution in [2.45, 2.75) is 39.2 Å². The zero-order valence-electron chi connectivity index (χ0n) is 7.61. The molecule has 0 bridgehead atoms. The Kier molecular flexibility index (Phi) is 2.81. The minimum atomic E-state index is -0.620. The van der Waals surface area contributed by atoms with Crippen molar-refractivity contribution < 1.29 is 9.52 Å². The van der Waals surface area contributed by atoms with E-state index in [9.17, 15) is 5.11 Å². The van der Waals surface area contributed by atoms with Gasteiger partial charge in [-0.1, -0.05) is 20.8 Å². The van der Waals surface area contributed by atoms with Crippen LogP contribution in [0.25, 0.3) is 0 Å². The van der Waals surface area contributed by atoms with Crippen molar-refractivity contribution in [3.63, 3.8) is 0 Å². The van der Waals surface area contributed by atoms with Crippen LogP contribution in [0, 0.1) is 0 Å². The molecule has 0 spiro atoms. The van der Waals surface area contributed by atoms with Crippen molar-refractivity contribution in [3.05, 3.63) is 11.8 Å². The first-order valence-electron chi connectivity index (χ1n) is 4.16. The third-order valence-corrected chi connectivity index (χ3v) is 1.62. The molecule has 1 unspecified atom stereocenters. The summed E-state index contributed by atoms with van der Waals surface area (Å²) in [5.74, 6) is 1.12. The van der Waals surface area contributed by atoms with E-state index in [-0.39, 0.29) is 5.92 Å². The molecule has 1 atom stereocenters. The minimum Gasteiger partial charge on any atom is -0.422 e. The van der Waals surface area contributed by atoms with Crippen LogP contribution in [-0.4, -0.2) is 15.3 Å². The van der Waals surface area contributed by atoms with Gasteiger partial charge < -0.3 is 9.52 Å². The first-order chi connectivity index (χ1) is 5.65. The van der Waals surface area contributed by atoms with E-state index in [1.54, 1.807) is 0 Å². The van der Waals surface area contributed by atoms with Gasteiger partial charge in [0.25, 0.3) is 0 Å². The summed E-state index contributed by atoms with van der Waals surface area (Å²) in [4.78, 5) is 0. The average molecular weight is 170 g/mol. The van der Waals surface area contributed by atoms with Crippen LogP contribution >= 0.6 is 0 Å². The molecule has 0 saturated carbocycles. The van der Waals surface area contributed by atoms with Gasteiger partial charge in [0.2, 0.25) is 11.8 Å². The van der Waals surface area contributed by atoms with E-state index in [2.05, 4.69) is 10.2 Å². The Bertz CT molecular complexity index is 245. The zero-order valence-corrected chi connectivity index (χ0v) is 7.61. The van der Waals surface area contributed by atoms with Gasteiger partial charge in [0, 0.05) is 5.92 Å². The average Bonchev–Trinajstić information content (AvgIpc) is 2.51. The van der Waals surface area contributed by atoms with Crippen molar-refractivity contribution in [3.8, 4) is 0 Å². The molecular weight excluding hydrogens is 156 g/mol. The molecule has 68 valence electrons. The molecule has 0 aliphatic carbocycles. The molecule has 0 fully saturated rings. The molecule has 1 aromatic rings. The van der Waals surface area contributed by atoms with Crippen LogP contribution < -0.4 is 0 Å². The Morgan fingerprint density at radius 1 is 1.33 bits per heavy atom.